The molecule has 2 aromatic heterocycles. The van der Waals surface area contributed by atoms with Gasteiger partial charge in [-0.25, -0.2) is 14.7 Å². The number of nitrogens with zero attached hydrogens (tertiary/aromatic N) is 4. The predicted molar refractivity (Wildman–Crippen MR) is 66.3 cm³/mol. The van der Waals surface area contributed by atoms with Gasteiger partial charge in [0.2, 0.25) is 0 Å². The van der Waals surface area contributed by atoms with Gasteiger partial charge in [-0.15, -0.1) is 15.3 Å². The molecule has 0 amide bonds. The van der Waals surface area contributed by atoms with Crippen molar-refractivity contribution in [2.24, 2.45) is 0 Å². The smallest absolute Gasteiger partial charge is 0.356 e. The number of hydrogen-bond acceptors (Lipinski definition) is 6. The monoisotopic (exact) mass is 281 g/mol. The van der Waals surface area contributed by atoms with Crippen LogP contribution in [0, 0.1) is 0 Å². The lowest BCUT2D eigenvalue weighted by Gasteiger charge is -2.07. The summed E-state index contributed by atoms with van der Waals surface area (Å²) >= 11 is 1.14. The number of carboxylic acids is 1. The Bertz CT molecular complexity index is 646. The molecule has 0 saturated heterocycles. The number of aromatic nitrogens is 5. The summed E-state index contributed by atoms with van der Waals surface area (Å²) in [4.78, 5) is 22.2. The zero-order chi connectivity index (χ0) is 14.0. The molecule has 0 aromatic carbocycles. The normalized spacial score (nSPS) is 10.9. The fourth-order valence-electron chi connectivity index (χ4n) is 1.40. The van der Waals surface area contributed by atoms with Gasteiger partial charge in [0.05, 0.1) is 0 Å². The summed E-state index contributed by atoms with van der Waals surface area (Å²) in [5.41, 5.74) is -0.430. The lowest BCUT2D eigenvalue weighted by atomic mass is 10.4. The minimum atomic E-state index is -1.14. The van der Waals surface area contributed by atoms with Gasteiger partial charge < -0.3 is 5.11 Å². The Morgan fingerprint density at radius 2 is 2.16 bits per heavy atom. The number of carbonyl (C=O) groups is 1. The molecule has 0 fully saturated rings. The lowest BCUT2D eigenvalue weighted by Crippen LogP contribution is -2.19. The Morgan fingerprint density at radius 3 is 2.68 bits per heavy atom. The number of aromatic amines is 1. The van der Waals surface area contributed by atoms with Gasteiger partial charge in [-0.05, 0) is 37.7 Å². The Kier molecular flexibility index (Phi) is 3.65. The van der Waals surface area contributed by atoms with Crippen LogP contribution in [0.4, 0.5) is 0 Å². The summed E-state index contributed by atoms with van der Waals surface area (Å²) in [5, 5.41) is 23.2. The Balaban J connectivity index is 2.26. The van der Waals surface area contributed by atoms with Crippen LogP contribution in [0.3, 0.4) is 0 Å². The summed E-state index contributed by atoms with van der Waals surface area (Å²) in [6.07, 6.45) is 0. The van der Waals surface area contributed by atoms with Crippen molar-refractivity contribution < 1.29 is 9.90 Å². The molecule has 2 N–H and O–H groups in total. The Hall–Kier alpha value is -2.16. The molecule has 0 aliphatic carbocycles. The van der Waals surface area contributed by atoms with Crippen LogP contribution >= 0.6 is 11.8 Å². The van der Waals surface area contributed by atoms with E-state index < -0.39 is 5.97 Å². The molecule has 2 aromatic rings. The van der Waals surface area contributed by atoms with Gasteiger partial charge in [0.25, 0.3) is 0 Å². The molecule has 0 spiro atoms. The average Bonchev–Trinajstić information content (AvgIpc) is 2.71. The maximum Gasteiger partial charge on any atom is 0.356 e. The van der Waals surface area contributed by atoms with Crippen molar-refractivity contribution in [2.75, 3.05) is 0 Å². The van der Waals surface area contributed by atoms with Crippen molar-refractivity contribution in [3.63, 3.8) is 0 Å². The van der Waals surface area contributed by atoms with E-state index in [1.54, 1.807) is 0 Å². The van der Waals surface area contributed by atoms with Crippen LogP contribution in [0.5, 0.6) is 0 Å². The predicted octanol–water partition coefficient (Wildman–Crippen LogP) is 0.792. The molecular formula is C10H11N5O3S. The van der Waals surface area contributed by atoms with Crippen LogP contribution in [0.1, 0.15) is 30.4 Å². The largest absolute Gasteiger partial charge is 0.476 e. The highest BCUT2D eigenvalue weighted by atomic mass is 32.2. The molecular weight excluding hydrogens is 270 g/mol. The topological polar surface area (TPSA) is 114 Å². The van der Waals surface area contributed by atoms with Gasteiger partial charge in [-0.1, -0.05) is 0 Å². The first-order valence-electron chi connectivity index (χ1n) is 5.41. The molecule has 0 saturated carbocycles. The van der Waals surface area contributed by atoms with E-state index in [0.717, 1.165) is 11.8 Å². The summed E-state index contributed by atoms with van der Waals surface area (Å²) in [6.45, 7) is 3.72. The van der Waals surface area contributed by atoms with Gasteiger partial charge in [-0.2, -0.15) is 0 Å². The summed E-state index contributed by atoms with van der Waals surface area (Å²) in [7, 11) is 0. The van der Waals surface area contributed by atoms with Crippen LogP contribution in [0.25, 0.3) is 0 Å². The average molecular weight is 281 g/mol. The van der Waals surface area contributed by atoms with Gasteiger partial charge in [0.15, 0.2) is 10.9 Å². The van der Waals surface area contributed by atoms with Crippen molar-refractivity contribution >= 4 is 17.7 Å². The van der Waals surface area contributed by atoms with E-state index in [-0.39, 0.29) is 17.4 Å². The summed E-state index contributed by atoms with van der Waals surface area (Å²) in [5.74, 6) is -1.14. The van der Waals surface area contributed by atoms with Crippen LogP contribution in [-0.2, 0) is 0 Å². The third-order valence-electron chi connectivity index (χ3n) is 2.24. The minimum Gasteiger partial charge on any atom is -0.476 e. The van der Waals surface area contributed by atoms with Crippen molar-refractivity contribution in [3.05, 3.63) is 28.3 Å². The molecule has 0 aliphatic heterocycles. The highest BCUT2D eigenvalue weighted by Gasteiger charge is 2.14. The number of aromatic carboxylic acids is 1. The van der Waals surface area contributed by atoms with Crippen molar-refractivity contribution in [1.82, 2.24) is 25.0 Å². The Labute approximate surface area is 111 Å². The van der Waals surface area contributed by atoms with Crippen LogP contribution in [0.2, 0.25) is 0 Å². The lowest BCUT2D eigenvalue weighted by molar-refractivity contribution is 0.0689. The van der Waals surface area contributed by atoms with E-state index in [0.29, 0.717) is 10.2 Å². The van der Waals surface area contributed by atoms with Crippen molar-refractivity contribution in [3.8, 4) is 0 Å². The number of nitrogens with one attached hydrogen (secondary N) is 1. The van der Waals surface area contributed by atoms with Crippen molar-refractivity contribution in [1.29, 1.82) is 0 Å². The molecule has 8 nitrogen and oxygen atoms in total. The quantitative estimate of drug-likeness (QED) is 0.851. The number of hydrogen-bond donors (Lipinski definition) is 2. The van der Waals surface area contributed by atoms with E-state index in [1.807, 2.05) is 13.8 Å². The second-order valence-electron chi connectivity index (χ2n) is 3.94. The third-order valence-corrected chi connectivity index (χ3v) is 3.14. The maximum absolute atomic E-state index is 11.5. The number of H-pyrrole nitrogens is 1. The van der Waals surface area contributed by atoms with E-state index >= 15 is 0 Å². The first-order chi connectivity index (χ1) is 8.99. The second kappa shape index (κ2) is 5.22. The van der Waals surface area contributed by atoms with Gasteiger partial charge in [0, 0.05) is 6.04 Å². The van der Waals surface area contributed by atoms with Gasteiger partial charge in [-0.3, -0.25) is 4.57 Å². The molecule has 0 atom stereocenters. The van der Waals surface area contributed by atoms with Crippen LogP contribution < -0.4 is 5.69 Å². The van der Waals surface area contributed by atoms with E-state index in [4.69, 9.17) is 5.11 Å². The Morgan fingerprint density at radius 1 is 1.42 bits per heavy atom. The third kappa shape index (κ3) is 2.81. The fraction of sp³-hybridized carbons (Fsp3) is 0.300. The SMILES string of the molecule is CC(C)n1c(Sc2ccc(C(=O)O)nn2)n[nH]c1=O. The first-order valence-corrected chi connectivity index (χ1v) is 6.22. The molecule has 19 heavy (non-hydrogen) atoms. The van der Waals surface area contributed by atoms with Crippen LogP contribution in [0.15, 0.2) is 27.1 Å². The zero-order valence-electron chi connectivity index (χ0n) is 10.2. The minimum absolute atomic E-state index is 0.0417. The molecule has 100 valence electrons. The number of rotatable bonds is 4. The molecule has 0 aliphatic rings. The second-order valence-corrected chi connectivity index (χ2v) is 4.93. The van der Waals surface area contributed by atoms with Crippen LogP contribution in [-0.4, -0.2) is 36.0 Å². The zero-order valence-corrected chi connectivity index (χ0v) is 11.0. The highest BCUT2D eigenvalue weighted by Crippen LogP contribution is 2.24. The van der Waals surface area contributed by atoms with E-state index in [9.17, 15) is 9.59 Å². The van der Waals surface area contributed by atoms with Crippen molar-refractivity contribution in [2.45, 2.75) is 30.1 Å². The summed E-state index contributed by atoms with van der Waals surface area (Å²) in [6, 6.07) is 2.83. The van der Waals surface area contributed by atoms with Gasteiger partial charge >= 0.3 is 11.7 Å². The van der Waals surface area contributed by atoms with E-state index in [2.05, 4.69) is 20.4 Å². The molecule has 0 bridgehead atoms. The fourth-order valence-corrected chi connectivity index (χ4v) is 2.29. The molecule has 0 unspecified atom stereocenters. The first kappa shape index (κ1) is 13.3. The molecule has 9 heteroatoms. The molecule has 0 radical (unpaired) electrons. The highest BCUT2D eigenvalue weighted by molar-refractivity contribution is 7.99. The maximum atomic E-state index is 11.5. The standard InChI is InChI=1S/C10H11N5O3S/c1-5(2)15-9(18)13-14-10(15)19-7-4-3-6(8(16)17)11-12-7/h3-5H,1-2H3,(H,13,18)(H,16,17). The molecule has 2 rings (SSSR count). The molecule has 2 heterocycles. The summed E-state index contributed by atoms with van der Waals surface area (Å²) < 4.78 is 1.48. The van der Waals surface area contributed by atoms with E-state index in [1.165, 1.54) is 16.7 Å². The van der Waals surface area contributed by atoms with Gasteiger partial charge in [0.1, 0.15) is 5.03 Å². The number of carboxylic acid groups (broad SMARTS) is 1.